The van der Waals surface area contributed by atoms with E-state index in [1.807, 2.05) is 11.6 Å². The van der Waals surface area contributed by atoms with E-state index < -0.39 is 0 Å². The van der Waals surface area contributed by atoms with Gasteiger partial charge in [-0.15, -0.1) is 11.3 Å². The van der Waals surface area contributed by atoms with Crippen molar-refractivity contribution in [3.8, 4) is 0 Å². The van der Waals surface area contributed by atoms with Crippen LogP contribution in [0.15, 0.2) is 35.8 Å². The highest BCUT2D eigenvalue weighted by Gasteiger charge is 2.10. The third kappa shape index (κ3) is 3.93. The first-order valence-corrected chi connectivity index (χ1v) is 7.78. The Balaban J connectivity index is 1.97. The standard InChI is InChI=1S/C14H16BrNS/c1-11-2-4-12(5-3-11)8-13(10-15)9-14-16-6-7-17-14/h2-7,13H,8-10H2,1H3. The molecule has 0 amide bonds. The van der Waals surface area contributed by atoms with Crippen LogP contribution in [0, 0.1) is 12.8 Å². The Hall–Kier alpha value is -0.670. The minimum absolute atomic E-state index is 0.629. The lowest BCUT2D eigenvalue weighted by Gasteiger charge is -2.12. The molecule has 0 aliphatic carbocycles. The summed E-state index contributed by atoms with van der Waals surface area (Å²) in [4.78, 5) is 4.36. The number of rotatable bonds is 5. The molecule has 0 N–H and O–H groups in total. The van der Waals surface area contributed by atoms with Crippen molar-refractivity contribution in [3.05, 3.63) is 52.0 Å². The van der Waals surface area contributed by atoms with Gasteiger partial charge < -0.3 is 0 Å². The third-order valence-corrected chi connectivity index (χ3v) is 4.53. The van der Waals surface area contributed by atoms with Crippen LogP contribution >= 0.6 is 27.3 Å². The highest BCUT2D eigenvalue weighted by Crippen LogP contribution is 2.18. The van der Waals surface area contributed by atoms with Gasteiger partial charge in [-0.05, 0) is 24.8 Å². The molecular formula is C14H16BrNS. The zero-order valence-electron chi connectivity index (χ0n) is 9.90. The van der Waals surface area contributed by atoms with Gasteiger partial charge in [-0.3, -0.25) is 0 Å². The first-order chi connectivity index (χ1) is 8.28. The SMILES string of the molecule is Cc1ccc(CC(CBr)Cc2nccs2)cc1. The maximum atomic E-state index is 4.36. The molecule has 0 radical (unpaired) electrons. The van der Waals surface area contributed by atoms with Crippen LogP contribution in [0.2, 0.25) is 0 Å². The fraction of sp³-hybridized carbons (Fsp3) is 0.357. The van der Waals surface area contributed by atoms with Crippen LogP contribution in [0.3, 0.4) is 0 Å². The number of hydrogen-bond acceptors (Lipinski definition) is 2. The van der Waals surface area contributed by atoms with Gasteiger partial charge in [0.1, 0.15) is 0 Å². The largest absolute Gasteiger partial charge is 0.250 e. The van der Waals surface area contributed by atoms with Crippen molar-refractivity contribution >= 4 is 27.3 Å². The van der Waals surface area contributed by atoms with Crippen LogP contribution in [0.1, 0.15) is 16.1 Å². The van der Waals surface area contributed by atoms with Crippen LogP contribution < -0.4 is 0 Å². The van der Waals surface area contributed by atoms with Crippen molar-refractivity contribution < 1.29 is 0 Å². The molecule has 1 atom stereocenters. The lowest BCUT2D eigenvalue weighted by atomic mass is 9.98. The fourth-order valence-electron chi connectivity index (χ4n) is 1.84. The van der Waals surface area contributed by atoms with Gasteiger partial charge in [0.25, 0.3) is 0 Å². The zero-order valence-corrected chi connectivity index (χ0v) is 12.3. The highest BCUT2D eigenvalue weighted by molar-refractivity contribution is 9.09. The molecule has 2 aromatic rings. The molecule has 0 fully saturated rings. The first-order valence-electron chi connectivity index (χ1n) is 5.78. The molecule has 0 aliphatic rings. The van der Waals surface area contributed by atoms with Crippen molar-refractivity contribution in [2.45, 2.75) is 19.8 Å². The molecule has 90 valence electrons. The maximum absolute atomic E-state index is 4.36. The molecule has 2 rings (SSSR count). The van der Waals surface area contributed by atoms with Gasteiger partial charge in [-0.1, -0.05) is 45.8 Å². The molecule has 0 saturated carbocycles. The van der Waals surface area contributed by atoms with Gasteiger partial charge >= 0.3 is 0 Å². The number of thiazole rings is 1. The Bertz CT molecular complexity index is 436. The molecule has 0 aliphatic heterocycles. The summed E-state index contributed by atoms with van der Waals surface area (Å²) in [6.07, 6.45) is 4.07. The monoisotopic (exact) mass is 309 g/mol. The molecular weight excluding hydrogens is 294 g/mol. The van der Waals surface area contributed by atoms with Gasteiger partial charge in [0.05, 0.1) is 5.01 Å². The van der Waals surface area contributed by atoms with Gasteiger partial charge in [-0.2, -0.15) is 0 Å². The number of benzene rings is 1. The van der Waals surface area contributed by atoms with E-state index in [2.05, 4.69) is 52.1 Å². The number of nitrogens with zero attached hydrogens (tertiary/aromatic N) is 1. The van der Waals surface area contributed by atoms with Crippen molar-refractivity contribution in [2.24, 2.45) is 5.92 Å². The Morgan fingerprint density at radius 1 is 1.24 bits per heavy atom. The summed E-state index contributed by atoms with van der Waals surface area (Å²) in [5.41, 5.74) is 2.74. The topological polar surface area (TPSA) is 12.9 Å². The van der Waals surface area contributed by atoms with E-state index in [4.69, 9.17) is 0 Å². The number of aromatic nitrogens is 1. The second kappa shape index (κ2) is 6.31. The van der Waals surface area contributed by atoms with Gasteiger partial charge in [-0.25, -0.2) is 4.98 Å². The minimum Gasteiger partial charge on any atom is -0.250 e. The van der Waals surface area contributed by atoms with Gasteiger partial charge in [0.15, 0.2) is 0 Å². The lowest BCUT2D eigenvalue weighted by molar-refractivity contribution is 0.589. The molecule has 1 aromatic carbocycles. The van der Waals surface area contributed by atoms with E-state index in [1.165, 1.54) is 16.1 Å². The summed E-state index contributed by atoms with van der Waals surface area (Å²) < 4.78 is 0. The molecule has 0 spiro atoms. The average molecular weight is 310 g/mol. The Labute approximate surface area is 115 Å². The molecule has 1 aromatic heterocycles. The summed E-state index contributed by atoms with van der Waals surface area (Å²) in [5, 5.41) is 4.31. The summed E-state index contributed by atoms with van der Waals surface area (Å²) in [6.45, 7) is 2.13. The fourth-order valence-corrected chi connectivity index (χ4v) is 3.03. The first kappa shape index (κ1) is 12.8. The average Bonchev–Trinajstić information content (AvgIpc) is 2.84. The van der Waals surface area contributed by atoms with E-state index in [9.17, 15) is 0 Å². The molecule has 0 bridgehead atoms. The zero-order chi connectivity index (χ0) is 12.1. The summed E-state index contributed by atoms with van der Waals surface area (Å²) in [5.74, 6) is 0.629. The Morgan fingerprint density at radius 2 is 2.00 bits per heavy atom. The highest BCUT2D eigenvalue weighted by atomic mass is 79.9. The molecule has 17 heavy (non-hydrogen) atoms. The van der Waals surface area contributed by atoms with E-state index in [1.54, 1.807) is 11.3 Å². The van der Waals surface area contributed by atoms with E-state index >= 15 is 0 Å². The second-order valence-electron chi connectivity index (χ2n) is 4.34. The van der Waals surface area contributed by atoms with Crippen LogP contribution in [0.5, 0.6) is 0 Å². The quantitative estimate of drug-likeness (QED) is 0.753. The van der Waals surface area contributed by atoms with Crippen LogP contribution in [-0.2, 0) is 12.8 Å². The number of aryl methyl sites for hydroxylation is 1. The molecule has 3 heteroatoms. The third-order valence-electron chi connectivity index (χ3n) is 2.81. The van der Waals surface area contributed by atoms with Crippen molar-refractivity contribution in [3.63, 3.8) is 0 Å². The predicted octanol–water partition coefficient (Wildman–Crippen LogP) is 4.25. The van der Waals surface area contributed by atoms with Crippen LogP contribution in [-0.4, -0.2) is 10.3 Å². The summed E-state index contributed by atoms with van der Waals surface area (Å²) >= 11 is 5.36. The molecule has 1 nitrogen and oxygen atoms in total. The second-order valence-corrected chi connectivity index (χ2v) is 5.97. The number of halogens is 1. The Kier molecular flexibility index (Phi) is 4.75. The van der Waals surface area contributed by atoms with Crippen LogP contribution in [0.25, 0.3) is 0 Å². The lowest BCUT2D eigenvalue weighted by Crippen LogP contribution is -2.09. The number of alkyl halides is 1. The van der Waals surface area contributed by atoms with Crippen molar-refractivity contribution in [1.29, 1.82) is 0 Å². The molecule has 1 unspecified atom stereocenters. The van der Waals surface area contributed by atoms with E-state index in [0.29, 0.717) is 5.92 Å². The summed E-state index contributed by atoms with van der Waals surface area (Å²) in [7, 11) is 0. The van der Waals surface area contributed by atoms with E-state index in [-0.39, 0.29) is 0 Å². The van der Waals surface area contributed by atoms with Gasteiger partial charge in [0, 0.05) is 23.3 Å². The number of hydrogen-bond donors (Lipinski definition) is 0. The van der Waals surface area contributed by atoms with Crippen molar-refractivity contribution in [1.82, 2.24) is 4.98 Å². The predicted molar refractivity (Wildman–Crippen MR) is 78.0 cm³/mol. The Morgan fingerprint density at radius 3 is 2.59 bits per heavy atom. The molecule has 1 heterocycles. The normalized spacial score (nSPS) is 12.6. The van der Waals surface area contributed by atoms with E-state index in [0.717, 1.165) is 18.2 Å². The van der Waals surface area contributed by atoms with Crippen LogP contribution in [0.4, 0.5) is 0 Å². The maximum Gasteiger partial charge on any atom is 0.0927 e. The van der Waals surface area contributed by atoms with Gasteiger partial charge in [0.2, 0.25) is 0 Å². The minimum atomic E-state index is 0.629. The summed E-state index contributed by atoms with van der Waals surface area (Å²) in [6, 6.07) is 8.83. The van der Waals surface area contributed by atoms with Crippen molar-refractivity contribution in [2.75, 3.05) is 5.33 Å². The molecule has 0 saturated heterocycles. The smallest absolute Gasteiger partial charge is 0.0927 e.